The van der Waals surface area contributed by atoms with Gasteiger partial charge in [0.25, 0.3) is 0 Å². The SMILES string of the molecule is COc1ccccc1CNc1ccc2c(c1)CCC(C)=CN2c1ccccc1. The Balaban J connectivity index is 1.60. The molecule has 0 unspecified atom stereocenters. The number of rotatable bonds is 5. The summed E-state index contributed by atoms with van der Waals surface area (Å²) >= 11 is 0. The Morgan fingerprint density at radius 2 is 1.71 bits per heavy atom. The largest absolute Gasteiger partial charge is 0.496 e. The molecule has 3 heteroatoms. The van der Waals surface area contributed by atoms with Crippen molar-refractivity contribution < 1.29 is 4.74 Å². The van der Waals surface area contributed by atoms with Crippen LogP contribution < -0.4 is 15.0 Å². The molecular weight excluding hydrogens is 344 g/mol. The van der Waals surface area contributed by atoms with Crippen LogP contribution in [0.3, 0.4) is 0 Å². The van der Waals surface area contributed by atoms with Crippen LogP contribution in [0.1, 0.15) is 24.5 Å². The minimum Gasteiger partial charge on any atom is -0.496 e. The summed E-state index contributed by atoms with van der Waals surface area (Å²) in [4.78, 5) is 2.31. The molecule has 0 fully saturated rings. The van der Waals surface area contributed by atoms with Gasteiger partial charge in [-0.25, -0.2) is 0 Å². The maximum Gasteiger partial charge on any atom is 0.123 e. The molecule has 0 aromatic heterocycles. The molecule has 4 rings (SSSR count). The number of hydrogen-bond acceptors (Lipinski definition) is 3. The number of fused-ring (bicyclic) bond motifs is 1. The molecule has 3 aromatic rings. The molecule has 1 aliphatic heterocycles. The number of anilines is 3. The number of hydrogen-bond donors (Lipinski definition) is 1. The van der Waals surface area contributed by atoms with E-state index in [-0.39, 0.29) is 0 Å². The van der Waals surface area contributed by atoms with Crippen LogP contribution in [-0.4, -0.2) is 7.11 Å². The second-order valence-corrected chi connectivity index (χ2v) is 7.19. The van der Waals surface area contributed by atoms with E-state index in [1.807, 2.05) is 18.2 Å². The van der Waals surface area contributed by atoms with E-state index < -0.39 is 0 Å². The monoisotopic (exact) mass is 370 g/mol. The van der Waals surface area contributed by atoms with Gasteiger partial charge in [-0.2, -0.15) is 0 Å². The van der Waals surface area contributed by atoms with Crippen LogP contribution >= 0.6 is 0 Å². The first-order valence-corrected chi connectivity index (χ1v) is 9.75. The fraction of sp³-hybridized carbons (Fsp3) is 0.200. The van der Waals surface area contributed by atoms with E-state index in [0.717, 1.165) is 36.4 Å². The Kier molecular flexibility index (Phi) is 5.34. The van der Waals surface area contributed by atoms with Crippen LogP contribution in [0.15, 0.2) is 84.6 Å². The number of allylic oxidation sites excluding steroid dienone is 1. The second kappa shape index (κ2) is 8.22. The summed E-state index contributed by atoms with van der Waals surface area (Å²) in [6.07, 6.45) is 4.39. The standard InChI is InChI=1S/C25H26N2O/c1-19-12-13-20-16-22(26-17-21-8-6-7-11-25(21)28-2)14-15-24(20)27(18-19)23-9-4-3-5-10-23/h3-11,14-16,18,26H,12-13,17H2,1-2H3. The number of nitrogens with zero attached hydrogens (tertiary/aromatic N) is 1. The maximum atomic E-state index is 5.46. The Hall–Kier alpha value is -3.20. The summed E-state index contributed by atoms with van der Waals surface area (Å²) in [6.45, 7) is 2.95. The van der Waals surface area contributed by atoms with Gasteiger partial charge in [-0.05, 0) is 61.7 Å². The lowest BCUT2D eigenvalue weighted by Gasteiger charge is -2.23. The lowest BCUT2D eigenvalue weighted by molar-refractivity contribution is 0.410. The summed E-state index contributed by atoms with van der Waals surface area (Å²) in [5, 5.41) is 3.56. The molecular formula is C25H26N2O. The highest BCUT2D eigenvalue weighted by Gasteiger charge is 2.16. The van der Waals surface area contributed by atoms with E-state index in [1.165, 1.54) is 22.5 Å². The maximum absolute atomic E-state index is 5.46. The van der Waals surface area contributed by atoms with Crippen molar-refractivity contribution in [1.82, 2.24) is 0 Å². The average molecular weight is 370 g/mol. The van der Waals surface area contributed by atoms with Crippen molar-refractivity contribution in [3.05, 3.63) is 95.7 Å². The number of benzene rings is 3. The third-order valence-electron chi connectivity index (χ3n) is 5.19. The van der Waals surface area contributed by atoms with E-state index in [4.69, 9.17) is 4.74 Å². The fourth-order valence-electron chi connectivity index (χ4n) is 3.67. The van der Waals surface area contributed by atoms with Crippen LogP contribution in [0.2, 0.25) is 0 Å². The summed E-state index contributed by atoms with van der Waals surface area (Å²) < 4.78 is 5.46. The molecule has 3 aromatic carbocycles. The quantitative estimate of drug-likeness (QED) is 0.571. The molecule has 142 valence electrons. The van der Waals surface area contributed by atoms with Crippen molar-refractivity contribution in [3.8, 4) is 5.75 Å². The zero-order valence-electron chi connectivity index (χ0n) is 16.5. The first-order valence-electron chi connectivity index (χ1n) is 9.75. The summed E-state index contributed by atoms with van der Waals surface area (Å²) in [5.41, 5.74) is 7.50. The Morgan fingerprint density at radius 3 is 2.54 bits per heavy atom. The first kappa shape index (κ1) is 18.2. The minimum absolute atomic E-state index is 0.739. The van der Waals surface area contributed by atoms with Gasteiger partial charge in [-0.15, -0.1) is 0 Å². The molecule has 1 aliphatic rings. The van der Waals surface area contributed by atoms with Crippen molar-refractivity contribution in [2.45, 2.75) is 26.3 Å². The third kappa shape index (κ3) is 3.89. The lowest BCUT2D eigenvalue weighted by Crippen LogP contribution is -2.10. The number of aryl methyl sites for hydroxylation is 1. The Morgan fingerprint density at radius 1 is 0.929 bits per heavy atom. The minimum atomic E-state index is 0.739. The topological polar surface area (TPSA) is 24.5 Å². The lowest BCUT2D eigenvalue weighted by atomic mass is 10.0. The molecule has 0 spiro atoms. The number of nitrogens with one attached hydrogen (secondary N) is 1. The number of para-hydroxylation sites is 2. The van der Waals surface area contributed by atoms with Gasteiger partial charge in [0.05, 0.1) is 7.11 Å². The molecule has 0 saturated heterocycles. The molecule has 0 bridgehead atoms. The zero-order valence-corrected chi connectivity index (χ0v) is 16.5. The van der Waals surface area contributed by atoms with Gasteiger partial charge in [0, 0.05) is 35.4 Å². The highest BCUT2D eigenvalue weighted by molar-refractivity contribution is 5.72. The molecule has 0 atom stereocenters. The molecule has 0 radical (unpaired) electrons. The van der Waals surface area contributed by atoms with Crippen molar-refractivity contribution in [1.29, 1.82) is 0 Å². The molecule has 3 nitrogen and oxygen atoms in total. The Bertz CT molecular complexity index is 979. The molecule has 28 heavy (non-hydrogen) atoms. The van der Waals surface area contributed by atoms with Crippen LogP contribution in [0.5, 0.6) is 5.75 Å². The third-order valence-corrected chi connectivity index (χ3v) is 5.19. The summed E-state index contributed by atoms with van der Waals surface area (Å²) in [6, 6.07) is 25.4. The van der Waals surface area contributed by atoms with Gasteiger partial charge in [0.1, 0.15) is 5.75 Å². The molecule has 0 amide bonds. The fourth-order valence-corrected chi connectivity index (χ4v) is 3.67. The van der Waals surface area contributed by atoms with E-state index in [0.29, 0.717) is 0 Å². The van der Waals surface area contributed by atoms with Gasteiger partial charge in [-0.1, -0.05) is 42.0 Å². The van der Waals surface area contributed by atoms with Crippen LogP contribution in [0.4, 0.5) is 17.1 Å². The van der Waals surface area contributed by atoms with E-state index in [9.17, 15) is 0 Å². The highest BCUT2D eigenvalue weighted by atomic mass is 16.5. The predicted molar refractivity (Wildman–Crippen MR) is 117 cm³/mol. The van der Waals surface area contributed by atoms with Crippen LogP contribution in [0, 0.1) is 0 Å². The van der Waals surface area contributed by atoms with Gasteiger partial charge in [-0.3, -0.25) is 0 Å². The van der Waals surface area contributed by atoms with Gasteiger partial charge in [0.15, 0.2) is 0 Å². The number of methoxy groups -OCH3 is 1. The van der Waals surface area contributed by atoms with Crippen LogP contribution in [-0.2, 0) is 13.0 Å². The van der Waals surface area contributed by atoms with Crippen molar-refractivity contribution >= 4 is 17.1 Å². The van der Waals surface area contributed by atoms with Gasteiger partial charge in [0.2, 0.25) is 0 Å². The smallest absolute Gasteiger partial charge is 0.123 e. The number of ether oxygens (including phenoxy) is 1. The average Bonchev–Trinajstić information content (AvgIpc) is 2.91. The molecule has 1 heterocycles. The Labute approximate surface area is 167 Å². The summed E-state index contributed by atoms with van der Waals surface area (Å²) in [7, 11) is 1.72. The van der Waals surface area contributed by atoms with Gasteiger partial charge < -0.3 is 15.0 Å². The predicted octanol–water partition coefficient (Wildman–Crippen LogP) is 6.30. The second-order valence-electron chi connectivity index (χ2n) is 7.19. The van der Waals surface area contributed by atoms with E-state index >= 15 is 0 Å². The van der Waals surface area contributed by atoms with E-state index in [2.05, 4.69) is 77.9 Å². The van der Waals surface area contributed by atoms with Crippen molar-refractivity contribution in [2.75, 3.05) is 17.3 Å². The van der Waals surface area contributed by atoms with E-state index in [1.54, 1.807) is 7.11 Å². The molecule has 1 N–H and O–H groups in total. The van der Waals surface area contributed by atoms with Gasteiger partial charge >= 0.3 is 0 Å². The molecule has 0 saturated carbocycles. The van der Waals surface area contributed by atoms with Crippen molar-refractivity contribution in [3.63, 3.8) is 0 Å². The zero-order chi connectivity index (χ0) is 19.3. The highest BCUT2D eigenvalue weighted by Crippen LogP contribution is 2.35. The normalized spacial score (nSPS) is 13.4. The first-order chi connectivity index (χ1) is 13.7. The van der Waals surface area contributed by atoms with Crippen LogP contribution in [0.25, 0.3) is 0 Å². The van der Waals surface area contributed by atoms with Crippen molar-refractivity contribution in [2.24, 2.45) is 0 Å². The summed E-state index contributed by atoms with van der Waals surface area (Å²) in [5.74, 6) is 0.917. The molecule has 0 aliphatic carbocycles.